The Morgan fingerprint density at radius 3 is 2.68 bits per heavy atom. The SMILES string of the molecule is C[C@@H]1CN([C@H](C)CO)C(=O)CCCn2cc(nn2)CO[C@@H]1CN(C)C(=O)Nc1ccc(C(F)(F)F)cc1. The Balaban J connectivity index is 1.73. The first-order valence-corrected chi connectivity index (χ1v) is 12.1. The highest BCUT2D eigenvalue weighted by Crippen LogP contribution is 2.30. The van der Waals surface area contributed by atoms with Crippen molar-refractivity contribution in [1.29, 1.82) is 0 Å². The lowest BCUT2D eigenvalue weighted by Gasteiger charge is -2.35. The van der Waals surface area contributed by atoms with Crippen molar-refractivity contribution < 1.29 is 32.6 Å². The highest BCUT2D eigenvalue weighted by Gasteiger charge is 2.31. The number of hydrogen-bond acceptors (Lipinski definition) is 6. The number of nitrogens with one attached hydrogen (secondary N) is 1. The third-order valence-corrected chi connectivity index (χ3v) is 6.31. The summed E-state index contributed by atoms with van der Waals surface area (Å²) in [5.74, 6) is -0.324. The summed E-state index contributed by atoms with van der Waals surface area (Å²) in [6.45, 7) is 4.59. The van der Waals surface area contributed by atoms with Gasteiger partial charge >= 0.3 is 12.2 Å². The Bertz CT molecular complexity index is 1050. The number of anilines is 1. The molecule has 2 heterocycles. The van der Waals surface area contributed by atoms with E-state index >= 15 is 0 Å². The van der Waals surface area contributed by atoms with Crippen LogP contribution in [-0.4, -0.2) is 80.7 Å². The quantitative estimate of drug-likeness (QED) is 0.620. The maximum Gasteiger partial charge on any atom is 0.416 e. The lowest BCUT2D eigenvalue weighted by atomic mass is 10.0. The predicted octanol–water partition coefficient (Wildman–Crippen LogP) is 2.99. The standard InChI is InChI=1S/C24H33F3N6O4/c1-16-11-33(17(2)14-34)22(35)5-4-10-32-12-20(29-30-32)15-37-21(16)13-31(3)23(36)28-19-8-6-18(7-9-19)24(25,26)27/h6-9,12,16-17,21,34H,4-5,10-11,13-15H2,1-3H3,(H,28,36)/t16-,17-,21-/m1/s1. The number of rotatable bonds is 5. The first kappa shape index (κ1) is 28.4. The van der Waals surface area contributed by atoms with Crippen molar-refractivity contribution in [3.05, 3.63) is 41.7 Å². The van der Waals surface area contributed by atoms with E-state index in [9.17, 15) is 27.9 Å². The summed E-state index contributed by atoms with van der Waals surface area (Å²) in [5, 5.41) is 20.4. The number of amides is 3. The van der Waals surface area contributed by atoms with E-state index in [-0.39, 0.29) is 49.7 Å². The van der Waals surface area contributed by atoms with Gasteiger partial charge in [0.15, 0.2) is 0 Å². The monoisotopic (exact) mass is 526 g/mol. The van der Waals surface area contributed by atoms with Gasteiger partial charge in [0.25, 0.3) is 0 Å². The number of hydrogen-bond donors (Lipinski definition) is 2. The van der Waals surface area contributed by atoms with Crippen LogP contribution in [-0.2, 0) is 28.9 Å². The Labute approximate surface area is 213 Å². The first-order chi connectivity index (χ1) is 17.5. The molecule has 204 valence electrons. The van der Waals surface area contributed by atoms with E-state index in [1.807, 2.05) is 6.92 Å². The van der Waals surface area contributed by atoms with E-state index in [4.69, 9.17) is 4.74 Å². The van der Waals surface area contributed by atoms with Crippen LogP contribution in [0.2, 0.25) is 0 Å². The van der Waals surface area contributed by atoms with E-state index in [1.165, 1.54) is 17.0 Å². The van der Waals surface area contributed by atoms with E-state index < -0.39 is 23.9 Å². The second-order valence-corrected chi connectivity index (χ2v) is 9.37. The van der Waals surface area contributed by atoms with Crippen LogP contribution >= 0.6 is 0 Å². The average molecular weight is 527 g/mol. The van der Waals surface area contributed by atoms with E-state index in [0.717, 1.165) is 12.1 Å². The van der Waals surface area contributed by atoms with Gasteiger partial charge < -0.3 is 25.0 Å². The van der Waals surface area contributed by atoms with Gasteiger partial charge in [-0.25, -0.2) is 4.79 Å². The molecule has 13 heteroatoms. The number of aliphatic hydroxyl groups excluding tert-OH is 1. The van der Waals surface area contributed by atoms with Gasteiger partial charge in [-0.3, -0.25) is 9.48 Å². The van der Waals surface area contributed by atoms with E-state index in [1.54, 1.807) is 29.7 Å². The Morgan fingerprint density at radius 2 is 2.03 bits per heavy atom. The molecule has 0 spiro atoms. The van der Waals surface area contributed by atoms with E-state index in [2.05, 4.69) is 15.6 Å². The summed E-state index contributed by atoms with van der Waals surface area (Å²) in [6.07, 6.45) is -2.38. The molecule has 3 rings (SSSR count). The normalized spacial score (nSPS) is 20.4. The molecule has 2 aromatic rings. The van der Waals surface area contributed by atoms with Crippen LogP contribution in [0.25, 0.3) is 0 Å². The minimum absolute atomic E-state index is 0.0971. The summed E-state index contributed by atoms with van der Waals surface area (Å²) in [7, 11) is 1.55. The van der Waals surface area contributed by atoms with Crippen LogP contribution in [0, 0.1) is 5.92 Å². The molecule has 0 fully saturated rings. The second kappa shape index (κ2) is 12.4. The highest BCUT2D eigenvalue weighted by molar-refractivity contribution is 5.89. The number of aromatic nitrogens is 3. The molecule has 1 aromatic heterocycles. The molecule has 2 bridgehead atoms. The number of alkyl halides is 3. The maximum atomic E-state index is 12.9. The molecule has 0 saturated heterocycles. The van der Waals surface area contributed by atoms with Gasteiger partial charge in [-0.1, -0.05) is 12.1 Å². The maximum absolute atomic E-state index is 12.9. The van der Waals surface area contributed by atoms with Crippen molar-refractivity contribution in [1.82, 2.24) is 24.8 Å². The highest BCUT2D eigenvalue weighted by atomic mass is 19.4. The lowest BCUT2D eigenvalue weighted by molar-refractivity contribution is -0.137. The summed E-state index contributed by atoms with van der Waals surface area (Å²) in [5.41, 5.74) is 0.0253. The van der Waals surface area contributed by atoms with Crippen molar-refractivity contribution in [2.45, 2.75) is 58.2 Å². The average Bonchev–Trinajstić information content (AvgIpc) is 3.31. The number of halogens is 3. The van der Waals surface area contributed by atoms with Crippen LogP contribution in [0.1, 0.15) is 37.9 Å². The molecule has 2 N–H and O–H groups in total. The number of fused-ring (bicyclic) bond motifs is 2. The van der Waals surface area contributed by atoms with Crippen molar-refractivity contribution in [2.75, 3.05) is 32.1 Å². The number of benzene rings is 1. The molecule has 3 amide bonds. The third kappa shape index (κ3) is 7.89. The lowest BCUT2D eigenvalue weighted by Crippen LogP contribution is -2.48. The van der Waals surface area contributed by atoms with Gasteiger partial charge in [-0.15, -0.1) is 5.10 Å². The van der Waals surface area contributed by atoms with Gasteiger partial charge in [0, 0.05) is 44.7 Å². The fraction of sp³-hybridized carbons (Fsp3) is 0.583. The molecule has 1 aliphatic heterocycles. The number of likely N-dealkylation sites (N-methyl/N-ethyl adjacent to an activating group) is 1. The molecule has 1 aliphatic rings. The molecule has 0 unspecified atom stereocenters. The van der Waals surface area contributed by atoms with Crippen molar-refractivity contribution >= 4 is 17.6 Å². The van der Waals surface area contributed by atoms with Crippen molar-refractivity contribution in [3.63, 3.8) is 0 Å². The molecule has 37 heavy (non-hydrogen) atoms. The molecule has 0 radical (unpaired) electrons. The van der Waals surface area contributed by atoms with Crippen LogP contribution < -0.4 is 5.32 Å². The second-order valence-electron chi connectivity index (χ2n) is 9.37. The molecule has 0 aliphatic carbocycles. The topological polar surface area (TPSA) is 113 Å². The van der Waals surface area contributed by atoms with Crippen LogP contribution in [0.3, 0.4) is 0 Å². The number of carbonyl (C=O) groups is 2. The van der Waals surface area contributed by atoms with Crippen LogP contribution in [0.5, 0.6) is 0 Å². The van der Waals surface area contributed by atoms with Gasteiger partial charge in [-0.05, 0) is 37.6 Å². The number of carbonyl (C=O) groups excluding carboxylic acids is 2. The Kier molecular flexibility index (Phi) is 9.49. The largest absolute Gasteiger partial charge is 0.416 e. The summed E-state index contributed by atoms with van der Waals surface area (Å²) in [6, 6.07) is 3.26. The van der Waals surface area contributed by atoms with Gasteiger partial charge in [-0.2, -0.15) is 13.2 Å². The zero-order valence-electron chi connectivity index (χ0n) is 21.1. The van der Waals surface area contributed by atoms with E-state index in [0.29, 0.717) is 25.2 Å². The zero-order chi connectivity index (χ0) is 27.2. The minimum atomic E-state index is -4.46. The smallest absolute Gasteiger partial charge is 0.394 e. The number of ether oxygens (including phenoxy) is 1. The summed E-state index contributed by atoms with van der Waals surface area (Å²) in [4.78, 5) is 28.7. The Morgan fingerprint density at radius 1 is 1.32 bits per heavy atom. The zero-order valence-corrected chi connectivity index (χ0v) is 21.1. The van der Waals surface area contributed by atoms with Gasteiger partial charge in [0.05, 0.1) is 37.1 Å². The molecule has 0 saturated carbocycles. The molecule has 1 aromatic carbocycles. The molecule has 3 atom stereocenters. The van der Waals surface area contributed by atoms with Gasteiger partial charge in [0.1, 0.15) is 5.69 Å². The number of aryl methyl sites for hydroxylation is 1. The molecular formula is C24H33F3N6O4. The number of nitrogens with zero attached hydrogens (tertiary/aromatic N) is 5. The van der Waals surface area contributed by atoms with Gasteiger partial charge in [0.2, 0.25) is 5.91 Å². The van der Waals surface area contributed by atoms with Crippen molar-refractivity contribution in [3.8, 4) is 0 Å². The van der Waals surface area contributed by atoms with Crippen LogP contribution in [0.15, 0.2) is 30.5 Å². The fourth-order valence-electron chi connectivity index (χ4n) is 4.01. The third-order valence-electron chi connectivity index (χ3n) is 6.31. The van der Waals surface area contributed by atoms with Crippen molar-refractivity contribution in [2.24, 2.45) is 5.92 Å². The first-order valence-electron chi connectivity index (χ1n) is 12.1. The number of aliphatic hydroxyl groups is 1. The summed E-state index contributed by atoms with van der Waals surface area (Å²) >= 11 is 0. The molecular weight excluding hydrogens is 493 g/mol. The molecule has 10 nitrogen and oxygen atoms in total. The Hall–Kier alpha value is -3.19. The summed E-state index contributed by atoms with van der Waals surface area (Å²) < 4.78 is 46.2. The van der Waals surface area contributed by atoms with Crippen LogP contribution in [0.4, 0.5) is 23.7 Å². The fourth-order valence-corrected chi connectivity index (χ4v) is 4.01. The predicted molar refractivity (Wildman–Crippen MR) is 128 cm³/mol. The minimum Gasteiger partial charge on any atom is -0.394 e. The number of urea groups is 1.